The molecule has 0 atom stereocenters. The van der Waals surface area contributed by atoms with Gasteiger partial charge in [-0.3, -0.25) is 4.79 Å². The lowest BCUT2D eigenvalue weighted by molar-refractivity contribution is 0.0698. The van der Waals surface area contributed by atoms with E-state index in [0.29, 0.717) is 5.56 Å². The summed E-state index contributed by atoms with van der Waals surface area (Å²) in [7, 11) is 0. The van der Waals surface area contributed by atoms with Gasteiger partial charge < -0.3 is 10.4 Å². The molecule has 1 aromatic carbocycles. The number of benzene rings is 1. The number of amides is 1. The van der Waals surface area contributed by atoms with Crippen LogP contribution in [0, 0.1) is 6.92 Å². The number of nitrogens with zero attached hydrogens (tertiary/aromatic N) is 1. The highest BCUT2D eigenvalue weighted by Gasteiger charge is 2.16. The number of aromatic nitrogens is 1. The monoisotopic (exact) mass is 324 g/mol. The Morgan fingerprint density at radius 3 is 2.38 bits per heavy atom. The minimum atomic E-state index is -1.13. The van der Waals surface area contributed by atoms with Crippen LogP contribution in [0.15, 0.2) is 30.3 Å². The van der Waals surface area contributed by atoms with Crippen LogP contribution in [0.2, 0.25) is 10.3 Å². The van der Waals surface area contributed by atoms with Crippen LogP contribution in [0.5, 0.6) is 0 Å². The third-order valence-corrected chi connectivity index (χ3v) is 3.15. The van der Waals surface area contributed by atoms with E-state index in [4.69, 9.17) is 28.3 Å². The second-order valence-electron chi connectivity index (χ2n) is 4.26. The van der Waals surface area contributed by atoms with E-state index in [0.717, 1.165) is 0 Å². The molecule has 0 saturated carbocycles. The number of aryl methyl sites for hydroxylation is 1. The van der Waals surface area contributed by atoms with Crippen molar-refractivity contribution in [2.24, 2.45) is 0 Å². The molecule has 21 heavy (non-hydrogen) atoms. The molecular weight excluding hydrogens is 315 g/mol. The quantitative estimate of drug-likeness (QED) is 0.844. The van der Waals surface area contributed by atoms with Gasteiger partial charge in [0.2, 0.25) is 0 Å². The van der Waals surface area contributed by atoms with Crippen LogP contribution in [-0.4, -0.2) is 22.0 Å². The molecule has 0 radical (unpaired) electrons. The average molecular weight is 325 g/mol. The summed E-state index contributed by atoms with van der Waals surface area (Å²) in [5.74, 6) is -1.64. The topological polar surface area (TPSA) is 79.3 Å². The SMILES string of the molecule is Cc1cccc(C(=O)O)c1NC(=O)c1cc(Cl)nc(Cl)c1. The maximum Gasteiger partial charge on any atom is 0.337 e. The second kappa shape index (κ2) is 6.11. The molecule has 0 spiro atoms. The Morgan fingerprint density at radius 1 is 1.19 bits per heavy atom. The van der Waals surface area contributed by atoms with Gasteiger partial charge in [-0.25, -0.2) is 9.78 Å². The second-order valence-corrected chi connectivity index (χ2v) is 5.03. The van der Waals surface area contributed by atoms with E-state index in [1.807, 2.05) is 0 Å². The molecule has 0 aliphatic rings. The summed E-state index contributed by atoms with van der Waals surface area (Å²) >= 11 is 11.5. The summed E-state index contributed by atoms with van der Waals surface area (Å²) in [6.45, 7) is 1.70. The Morgan fingerprint density at radius 2 is 1.81 bits per heavy atom. The number of anilines is 1. The number of hydrogen-bond donors (Lipinski definition) is 2. The van der Waals surface area contributed by atoms with Crippen molar-refractivity contribution in [2.45, 2.75) is 6.92 Å². The number of rotatable bonds is 3. The van der Waals surface area contributed by atoms with Crippen LogP contribution >= 0.6 is 23.2 Å². The Balaban J connectivity index is 2.38. The number of carbonyl (C=O) groups excluding carboxylic acids is 1. The lowest BCUT2D eigenvalue weighted by Crippen LogP contribution is -2.16. The first-order valence-electron chi connectivity index (χ1n) is 5.86. The molecule has 2 aromatic rings. The van der Waals surface area contributed by atoms with Crippen molar-refractivity contribution >= 4 is 40.8 Å². The minimum Gasteiger partial charge on any atom is -0.478 e. The van der Waals surface area contributed by atoms with Gasteiger partial charge in [-0.1, -0.05) is 35.3 Å². The number of carboxylic acid groups (broad SMARTS) is 1. The standard InChI is InChI=1S/C14H10Cl2N2O3/c1-7-3-2-4-9(14(20)21)12(7)18-13(19)8-5-10(15)17-11(16)6-8/h2-6H,1H3,(H,18,19)(H,20,21). The van der Waals surface area contributed by atoms with Crippen LogP contribution in [0.1, 0.15) is 26.3 Å². The first-order valence-corrected chi connectivity index (χ1v) is 6.61. The number of para-hydroxylation sites is 1. The van der Waals surface area contributed by atoms with Gasteiger partial charge in [0.1, 0.15) is 10.3 Å². The zero-order chi connectivity index (χ0) is 15.6. The van der Waals surface area contributed by atoms with Crippen LogP contribution < -0.4 is 5.32 Å². The fourth-order valence-electron chi connectivity index (χ4n) is 1.79. The molecule has 2 rings (SSSR count). The highest BCUT2D eigenvalue weighted by atomic mass is 35.5. The van der Waals surface area contributed by atoms with E-state index in [2.05, 4.69) is 10.3 Å². The van der Waals surface area contributed by atoms with Crippen LogP contribution in [0.3, 0.4) is 0 Å². The third-order valence-electron chi connectivity index (χ3n) is 2.77. The lowest BCUT2D eigenvalue weighted by Gasteiger charge is -2.11. The maximum absolute atomic E-state index is 12.2. The number of halogens is 2. The fraction of sp³-hybridized carbons (Fsp3) is 0.0714. The van der Waals surface area contributed by atoms with Gasteiger partial charge in [0.25, 0.3) is 5.91 Å². The molecule has 0 fully saturated rings. The van der Waals surface area contributed by atoms with Crippen molar-refractivity contribution in [3.05, 3.63) is 57.3 Å². The number of carbonyl (C=O) groups is 2. The van der Waals surface area contributed by atoms with Crippen molar-refractivity contribution in [3.63, 3.8) is 0 Å². The summed E-state index contributed by atoms with van der Waals surface area (Å²) in [5.41, 5.74) is 1.07. The van der Waals surface area contributed by atoms with Gasteiger partial charge in [-0.2, -0.15) is 0 Å². The maximum atomic E-state index is 12.2. The van der Waals surface area contributed by atoms with Gasteiger partial charge in [-0.15, -0.1) is 0 Å². The molecule has 0 bridgehead atoms. The van der Waals surface area contributed by atoms with E-state index in [1.165, 1.54) is 18.2 Å². The van der Waals surface area contributed by atoms with Gasteiger partial charge in [0.15, 0.2) is 0 Å². The highest BCUT2D eigenvalue weighted by molar-refractivity contribution is 6.33. The number of pyridine rings is 1. The van der Waals surface area contributed by atoms with Crippen LogP contribution in [-0.2, 0) is 0 Å². The molecule has 1 heterocycles. The first-order chi connectivity index (χ1) is 9.88. The Kier molecular flexibility index (Phi) is 4.45. The van der Waals surface area contributed by atoms with Gasteiger partial charge >= 0.3 is 5.97 Å². The van der Waals surface area contributed by atoms with E-state index in [9.17, 15) is 9.59 Å². The van der Waals surface area contributed by atoms with E-state index in [-0.39, 0.29) is 27.1 Å². The average Bonchev–Trinajstić information content (AvgIpc) is 2.39. The zero-order valence-electron chi connectivity index (χ0n) is 10.9. The number of carboxylic acids is 1. The number of hydrogen-bond acceptors (Lipinski definition) is 3. The molecule has 1 amide bonds. The largest absolute Gasteiger partial charge is 0.478 e. The lowest BCUT2D eigenvalue weighted by atomic mass is 10.1. The van der Waals surface area contributed by atoms with Crippen molar-refractivity contribution in [2.75, 3.05) is 5.32 Å². The Labute approximate surface area is 130 Å². The van der Waals surface area contributed by atoms with Gasteiger partial charge in [0, 0.05) is 5.56 Å². The van der Waals surface area contributed by atoms with Crippen molar-refractivity contribution in [1.29, 1.82) is 0 Å². The summed E-state index contributed by atoms with van der Waals surface area (Å²) in [6, 6.07) is 7.42. The molecule has 108 valence electrons. The highest BCUT2D eigenvalue weighted by Crippen LogP contribution is 2.22. The van der Waals surface area contributed by atoms with Crippen LogP contribution in [0.4, 0.5) is 5.69 Å². The van der Waals surface area contributed by atoms with E-state index < -0.39 is 11.9 Å². The third kappa shape index (κ3) is 3.51. The Bertz CT molecular complexity index is 712. The van der Waals surface area contributed by atoms with E-state index in [1.54, 1.807) is 19.1 Å². The predicted molar refractivity (Wildman–Crippen MR) is 80.3 cm³/mol. The van der Waals surface area contributed by atoms with Crippen LogP contribution in [0.25, 0.3) is 0 Å². The summed E-state index contributed by atoms with van der Waals surface area (Å²) in [5, 5.41) is 11.9. The van der Waals surface area contributed by atoms with Crippen molar-refractivity contribution in [3.8, 4) is 0 Å². The van der Waals surface area contributed by atoms with Gasteiger partial charge in [-0.05, 0) is 30.7 Å². The zero-order valence-corrected chi connectivity index (χ0v) is 12.4. The smallest absolute Gasteiger partial charge is 0.337 e. The summed E-state index contributed by atoms with van der Waals surface area (Å²) in [6.07, 6.45) is 0. The Hall–Kier alpha value is -2.11. The van der Waals surface area contributed by atoms with E-state index >= 15 is 0 Å². The molecule has 5 nitrogen and oxygen atoms in total. The van der Waals surface area contributed by atoms with Crippen molar-refractivity contribution < 1.29 is 14.7 Å². The molecule has 0 aliphatic heterocycles. The van der Waals surface area contributed by atoms with Crippen molar-refractivity contribution in [1.82, 2.24) is 4.98 Å². The summed E-state index contributed by atoms with van der Waals surface area (Å²) < 4.78 is 0. The molecule has 7 heteroatoms. The number of aromatic carboxylic acids is 1. The molecule has 0 saturated heterocycles. The van der Waals surface area contributed by atoms with Gasteiger partial charge in [0.05, 0.1) is 11.3 Å². The fourth-order valence-corrected chi connectivity index (χ4v) is 2.25. The molecular formula is C14H10Cl2N2O3. The molecule has 0 unspecified atom stereocenters. The minimum absolute atomic E-state index is 0.00889. The summed E-state index contributed by atoms with van der Waals surface area (Å²) in [4.78, 5) is 27.1. The molecule has 1 aromatic heterocycles. The first kappa shape index (κ1) is 15.3. The predicted octanol–water partition coefficient (Wildman–Crippen LogP) is 3.65. The molecule has 2 N–H and O–H groups in total. The number of nitrogens with one attached hydrogen (secondary N) is 1. The normalized spacial score (nSPS) is 10.2. The molecule has 0 aliphatic carbocycles.